The van der Waals surface area contributed by atoms with Crippen molar-refractivity contribution in [2.24, 2.45) is 0 Å². The van der Waals surface area contributed by atoms with Crippen molar-refractivity contribution in [3.05, 3.63) is 59.2 Å². The van der Waals surface area contributed by atoms with Crippen molar-refractivity contribution in [1.29, 1.82) is 0 Å². The number of rotatable bonds is 5. The van der Waals surface area contributed by atoms with Gasteiger partial charge in [-0.15, -0.1) is 0 Å². The summed E-state index contributed by atoms with van der Waals surface area (Å²) in [5.41, 5.74) is 2.61. The van der Waals surface area contributed by atoms with Crippen LogP contribution in [-0.4, -0.2) is 20.1 Å². The summed E-state index contributed by atoms with van der Waals surface area (Å²) in [6.45, 7) is 3.87. The Morgan fingerprint density at radius 1 is 1.05 bits per heavy atom. The lowest BCUT2D eigenvalue weighted by Crippen LogP contribution is -2.27. The van der Waals surface area contributed by atoms with Crippen molar-refractivity contribution in [3.63, 3.8) is 0 Å². The van der Waals surface area contributed by atoms with E-state index in [4.69, 9.17) is 9.47 Å². The molecule has 0 aromatic heterocycles. The summed E-state index contributed by atoms with van der Waals surface area (Å²) in [5.74, 6) is 1.24. The van der Waals surface area contributed by atoms with Crippen molar-refractivity contribution in [1.82, 2.24) is 5.32 Å². The van der Waals surface area contributed by atoms with E-state index in [-0.39, 0.29) is 11.9 Å². The van der Waals surface area contributed by atoms with Crippen LogP contribution in [0.5, 0.6) is 11.5 Å². The summed E-state index contributed by atoms with van der Waals surface area (Å²) in [6.07, 6.45) is 0. The number of nitrogens with one attached hydrogen (secondary N) is 1. The van der Waals surface area contributed by atoms with Crippen molar-refractivity contribution in [2.75, 3.05) is 14.2 Å². The molecule has 0 aliphatic heterocycles. The van der Waals surface area contributed by atoms with Gasteiger partial charge in [0.25, 0.3) is 5.91 Å². The third kappa shape index (κ3) is 3.39. The molecular formula is C18H21NO3. The van der Waals surface area contributed by atoms with Gasteiger partial charge in [0.05, 0.1) is 20.3 Å². The number of ether oxygens (including phenoxy) is 2. The fourth-order valence-corrected chi connectivity index (χ4v) is 2.31. The molecule has 0 heterocycles. The van der Waals surface area contributed by atoms with E-state index in [1.807, 2.05) is 56.3 Å². The first-order chi connectivity index (χ1) is 10.6. The number of carbonyl (C=O) groups is 1. The molecule has 22 heavy (non-hydrogen) atoms. The number of amides is 1. The number of hydrogen-bond acceptors (Lipinski definition) is 3. The summed E-state index contributed by atoms with van der Waals surface area (Å²) in [6, 6.07) is 13.0. The molecule has 2 aromatic rings. The summed E-state index contributed by atoms with van der Waals surface area (Å²) < 4.78 is 10.5. The Labute approximate surface area is 131 Å². The SMILES string of the molecule is COc1ccc([C@@H](C)NC(=O)c2ccccc2C)cc1OC. The maximum atomic E-state index is 12.4. The van der Waals surface area contributed by atoms with Gasteiger partial charge in [-0.05, 0) is 43.2 Å². The number of hydrogen-bond donors (Lipinski definition) is 1. The van der Waals surface area contributed by atoms with Gasteiger partial charge in [0.15, 0.2) is 11.5 Å². The van der Waals surface area contributed by atoms with E-state index in [0.29, 0.717) is 17.1 Å². The van der Waals surface area contributed by atoms with Gasteiger partial charge in [0, 0.05) is 5.56 Å². The lowest BCUT2D eigenvalue weighted by molar-refractivity contribution is 0.0939. The molecule has 0 saturated carbocycles. The molecule has 4 nitrogen and oxygen atoms in total. The molecule has 4 heteroatoms. The topological polar surface area (TPSA) is 47.6 Å². The molecule has 0 aliphatic rings. The van der Waals surface area contributed by atoms with Gasteiger partial charge in [-0.1, -0.05) is 24.3 Å². The fourth-order valence-electron chi connectivity index (χ4n) is 2.31. The number of methoxy groups -OCH3 is 2. The monoisotopic (exact) mass is 299 g/mol. The Morgan fingerprint density at radius 3 is 2.36 bits per heavy atom. The standard InChI is InChI=1S/C18H21NO3/c1-12-7-5-6-8-15(12)18(20)19-13(2)14-9-10-16(21-3)17(11-14)22-4/h5-11,13H,1-4H3,(H,19,20)/t13-/m1/s1. The predicted octanol–water partition coefficient (Wildman–Crippen LogP) is 3.50. The zero-order valence-electron chi connectivity index (χ0n) is 13.3. The van der Waals surface area contributed by atoms with Crippen LogP contribution in [0, 0.1) is 6.92 Å². The van der Waals surface area contributed by atoms with E-state index in [0.717, 1.165) is 11.1 Å². The highest BCUT2D eigenvalue weighted by Gasteiger charge is 2.14. The molecular weight excluding hydrogens is 278 g/mol. The molecule has 0 bridgehead atoms. The third-order valence-electron chi connectivity index (χ3n) is 3.64. The van der Waals surface area contributed by atoms with Gasteiger partial charge in [0.2, 0.25) is 0 Å². The molecule has 0 spiro atoms. The third-order valence-corrected chi connectivity index (χ3v) is 3.64. The molecule has 1 atom stereocenters. The van der Waals surface area contributed by atoms with Gasteiger partial charge >= 0.3 is 0 Å². The first-order valence-electron chi connectivity index (χ1n) is 7.15. The van der Waals surface area contributed by atoms with Crippen LogP contribution in [0.15, 0.2) is 42.5 Å². The summed E-state index contributed by atoms with van der Waals surface area (Å²) in [5, 5.41) is 3.01. The fraction of sp³-hybridized carbons (Fsp3) is 0.278. The highest BCUT2D eigenvalue weighted by atomic mass is 16.5. The minimum absolute atomic E-state index is 0.0830. The van der Waals surface area contributed by atoms with Crippen LogP contribution in [0.25, 0.3) is 0 Å². The summed E-state index contributed by atoms with van der Waals surface area (Å²) >= 11 is 0. The average Bonchev–Trinajstić information content (AvgIpc) is 2.54. The Balaban J connectivity index is 2.17. The minimum Gasteiger partial charge on any atom is -0.493 e. The predicted molar refractivity (Wildman–Crippen MR) is 86.6 cm³/mol. The maximum absolute atomic E-state index is 12.4. The highest BCUT2D eigenvalue weighted by molar-refractivity contribution is 5.95. The van der Waals surface area contributed by atoms with Crippen LogP contribution >= 0.6 is 0 Å². The molecule has 0 radical (unpaired) electrons. The molecule has 2 rings (SSSR count). The molecule has 0 saturated heterocycles. The van der Waals surface area contributed by atoms with Crippen LogP contribution in [-0.2, 0) is 0 Å². The van der Waals surface area contributed by atoms with Gasteiger partial charge in [-0.2, -0.15) is 0 Å². The highest BCUT2D eigenvalue weighted by Crippen LogP contribution is 2.30. The summed E-state index contributed by atoms with van der Waals surface area (Å²) in [4.78, 5) is 12.4. The number of benzene rings is 2. The van der Waals surface area contributed by atoms with Gasteiger partial charge in [-0.3, -0.25) is 4.79 Å². The van der Waals surface area contributed by atoms with Crippen LogP contribution in [0.2, 0.25) is 0 Å². The number of carbonyl (C=O) groups excluding carboxylic acids is 1. The molecule has 116 valence electrons. The van der Waals surface area contributed by atoms with E-state index in [2.05, 4.69) is 5.32 Å². The van der Waals surface area contributed by atoms with Crippen LogP contribution in [0.1, 0.15) is 34.5 Å². The second-order valence-corrected chi connectivity index (χ2v) is 5.12. The Morgan fingerprint density at radius 2 is 1.73 bits per heavy atom. The normalized spacial score (nSPS) is 11.6. The molecule has 2 aromatic carbocycles. The van der Waals surface area contributed by atoms with Gasteiger partial charge in [0.1, 0.15) is 0 Å². The van der Waals surface area contributed by atoms with Gasteiger partial charge in [-0.25, -0.2) is 0 Å². The van der Waals surface area contributed by atoms with Crippen LogP contribution in [0.3, 0.4) is 0 Å². The molecule has 0 aliphatic carbocycles. The van der Waals surface area contributed by atoms with Crippen LogP contribution in [0.4, 0.5) is 0 Å². The zero-order valence-corrected chi connectivity index (χ0v) is 13.3. The number of aryl methyl sites for hydroxylation is 1. The average molecular weight is 299 g/mol. The summed E-state index contributed by atoms with van der Waals surface area (Å²) in [7, 11) is 3.19. The molecule has 1 N–H and O–H groups in total. The molecule has 0 unspecified atom stereocenters. The van der Waals surface area contributed by atoms with E-state index in [9.17, 15) is 4.79 Å². The quantitative estimate of drug-likeness (QED) is 0.919. The Kier molecular flexibility index (Phi) is 5.04. The van der Waals surface area contributed by atoms with E-state index >= 15 is 0 Å². The smallest absolute Gasteiger partial charge is 0.252 e. The van der Waals surface area contributed by atoms with E-state index in [1.165, 1.54) is 0 Å². The maximum Gasteiger partial charge on any atom is 0.252 e. The second-order valence-electron chi connectivity index (χ2n) is 5.12. The lowest BCUT2D eigenvalue weighted by atomic mass is 10.1. The van der Waals surface area contributed by atoms with Crippen molar-refractivity contribution < 1.29 is 14.3 Å². The lowest BCUT2D eigenvalue weighted by Gasteiger charge is -2.17. The largest absolute Gasteiger partial charge is 0.493 e. The first-order valence-corrected chi connectivity index (χ1v) is 7.15. The first kappa shape index (κ1) is 15.9. The van der Waals surface area contributed by atoms with Crippen molar-refractivity contribution in [2.45, 2.75) is 19.9 Å². The second kappa shape index (κ2) is 6.98. The van der Waals surface area contributed by atoms with E-state index in [1.54, 1.807) is 14.2 Å². The van der Waals surface area contributed by atoms with E-state index < -0.39 is 0 Å². The molecule has 1 amide bonds. The van der Waals surface area contributed by atoms with Crippen molar-refractivity contribution >= 4 is 5.91 Å². The zero-order chi connectivity index (χ0) is 16.1. The van der Waals surface area contributed by atoms with Gasteiger partial charge < -0.3 is 14.8 Å². The molecule has 0 fully saturated rings. The Hall–Kier alpha value is -2.49. The van der Waals surface area contributed by atoms with Crippen molar-refractivity contribution in [3.8, 4) is 11.5 Å². The minimum atomic E-state index is -0.132. The van der Waals surface area contributed by atoms with Crippen LogP contribution < -0.4 is 14.8 Å². The Bertz CT molecular complexity index is 667.